The molecule has 0 fully saturated rings. The van der Waals surface area contributed by atoms with Crippen LogP contribution in [0.4, 0.5) is 24.0 Å². The first-order chi connectivity index (χ1) is 15.4. The highest BCUT2D eigenvalue weighted by atomic mass is 79.9. The number of anilines is 2. The highest BCUT2D eigenvalue weighted by Gasteiger charge is 2.32. The van der Waals surface area contributed by atoms with Crippen molar-refractivity contribution in [3.8, 4) is 17.2 Å². The van der Waals surface area contributed by atoms with E-state index >= 15 is 0 Å². The average Bonchev–Trinajstić information content (AvgIpc) is 3.29. The smallest absolute Gasteiger partial charge is 0.454 e. The number of rotatable bonds is 5. The molecule has 2 aromatic carbocycles. The highest BCUT2D eigenvalue weighted by Crippen LogP contribution is 2.41. The van der Waals surface area contributed by atoms with E-state index in [2.05, 4.69) is 62.7 Å². The second-order valence-corrected chi connectivity index (χ2v) is 11.1. The Balaban J connectivity index is 1.62. The van der Waals surface area contributed by atoms with Crippen LogP contribution in [0.3, 0.4) is 0 Å². The molecule has 0 saturated carbocycles. The van der Waals surface area contributed by atoms with Crippen molar-refractivity contribution in [3.05, 3.63) is 55.4 Å². The summed E-state index contributed by atoms with van der Waals surface area (Å²) < 4.78 is 53.4. The van der Waals surface area contributed by atoms with Gasteiger partial charge in [0.25, 0.3) is 0 Å². The first kappa shape index (κ1) is 24.2. The molecule has 1 aliphatic rings. The quantitative estimate of drug-likeness (QED) is 0.319. The third kappa shape index (κ3) is 5.75. The van der Waals surface area contributed by atoms with E-state index in [0.29, 0.717) is 26.2 Å². The largest absolute Gasteiger partial charge is 0.573 e. The van der Waals surface area contributed by atoms with Gasteiger partial charge in [0.1, 0.15) is 5.75 Å². The van der Waals surface area contributed by atoms with Crippen LogP contribution in [0.25, 0.3) is 0 Å². The summed E-state index contributed by atoms with van der Waals surface area (Å²) in [5.74, 6) is 1.13. The third-order valence-electron chi connectivity index (χ3n) is 4.69. The lowest BCUT2D eigenvalue weighted by molar-refractivity contribution is -0.274. The molecule has 1 aromatic heterocycles. The van der Waals surface area contributed by atoms with E-state index in [0.717, 1.165) is 27.6 Å². The van der Waals surface area contributed by atoms with Crippen molar-refractivity contribution in [1.29, 1.82) is 0 Å². The molecule has 3 aromatic rings. The van der Waals surface area contributed by atoms with Gasteiger partial charge in [-0.05, 0) is 61.7 Å². The number of nitrogens with zero attached hydrogens (tertiary/aromatic N) is 1. The molecule has 0 aliphatic carbocycles. The minimum atomic E-state index is -4.77. The molecule has 0 radical (unpaired) electrons. The third-order valence-corrected chi connectivity index (χ3v) is 6.91. The van der Waals surface area contributed by atoms with Crippen LogP contribution in [0, 0.1) is 0 Å². The molecular formula is C22H19Br2F3N2O3S. The van der Waals surface area contributed by atoms with E-state index in [9.17, 15) is 13.2 Å². The van der Waals surface area contributed by atoms with Crippen molar-refractivity contribution in [3.63, 3.8) is 0 Å². The molecule has 1 aliphatic heterocycles. The van der Waals surface area contributed by atoms with Crippen LogP contribution in [0.5, 0.6) is 17.2 Å². The molecule has 0 saturated heterocycles. The van der Waals surface area contributed by atoms with E-state index in [4.69, 9.17) is 14.5 Å². The summed E-state index contributed by atoms with van der Waals surface area (Å²) in [6, 6.07) is 8.37. The van der Waals surface area contributed by atoms with Crippen molar-refractivity contribution in [2.45, 2.75) is 39.0 Å². The summed E-state index contributed by atoms with van der Waals surface area (Å²) in [5, 5.41) is 3.85. The SMILES string of the molecule is CC(C)(C)c1nc(Nc2c(Br)cc(OC(F)(F)F)cc2Br)sc1Cc1ccc2c(c1)OCO2. The van der Waals surface area contributed by atoms with E-state index in [1.165, 1.54) is 23.5 Å². The molecule has 2 heterocycles. The summed E-state index contributed by atoms with van der Waals surface area (Å²) in [4.78, 5) is 5.88. The molecule has 0 spiro atoms. The predicted molar refractivity (Wildman–Crippen MR) is 128 cm³/mol. The molecule has 0 atom stereocenters. The van der Waals surface area contributed by atoms with Crippen LogP contribution < -0.4 is 19.5 Å². The zero-order valence-electron chi connectivity index (χ0n) is 17.8. The molecular weight excluding hydrogens is 589 g/mol. The van der Waals surface area contributed by atoms with Crippen LogP contribution in [0.15, 0.2) is 39.3 Å². The molecule has 1 N–H and O–H groups in total. The number of hydrogen-bond donors (Lipinski definition) is 1. The van der Waals surface area contributed by atoms with Crippen molar-refractivity contribution >= 4 is 54.0 Å². The fourth-order valence-electron chi connectivity index (χ4n) is 3.32. The van der Waals surface area contributed by atoms with Gasteiger partial charge in [0, 0.05) is 25.7 Å². The van der Waals surface area contributed by atoms with E-state index in [-0.39, 0.29) is 18.0 Å². The fraction of sp³-hybridized carbons (Fsp3) is 0.318. The van der Waals surface area contributed by atoms with Gasteiger partial charge in [-0.15, -0.1) is 24.5 Å². The number of thiazole rings is 1. The van der Waals surface area contributed by atoms with Crippen LogP contribution in [-0.4, -0.2) is 18.1 Å². The summed E-state index contributed by atoms with van der Waals surface area (Å²) in [5.41, 5.74) is 2.35. The number of alkyl halides is 3. The van der Waals surface area contributed by atoms with Gasteiger partial charge in [0.2, 0.25) is 6.79 Å². The van der Waals surface area contributed by atoms with Gasteiger partial charge in [-0.25, -0.2) is 4.98 Å². The number of hydrogen-bond acceptors (Lipinski definition) is 6. The minimum Gasteiger partial charge on any atom is -0.454 e. The van der Waals surface area contributed by atoms with Crippen LogP contribution in [0.1, 0.15) is 36.9 Å². The molecule has 176 valence electrons. The second kappa shape index (κ2) is 8.99. The van der Waals surface area contributed by atoms with E-state index < -0.39 is 6.36 Å². The van der Waals surface area contributed by atoms with Crippen molar-refractivity contribution in [1.82, 2.24) is 4.98 Å². The normalized spacial score (nSPS) is 13.3. The summed E-state index contributed by atoms with van der Waals surface area (Å²) in [6.07, 6.45) is -4.11. The maximum absolute atomic E-state index is 12.6. The predicted octanol–water partition coefficient (Wildman–Crippen LogP) is 7.93. The number of nitrogens with one attached hydrogen (secondary N) is 1. The molecule has 0 unspecified atom stereocenters. The van der Waals surface area contributed by atoms with Gasteiger partial charge in [0.05, 0.1) is 11.4 Å². The number of benzene rings is 2. The van der Waals surface area contributed by atoms with Crippen molar-refractivity contribution in [2.75, 3.05) is 12.1 Å². The standard InChI is InChI=1S/C22H19Br2F3N2O3S/c1-21(2,3)19-17(7-11-4-5-15-16(6-11)31-10-30-15)33-20(29-19)28-18-13(23)8-12(9-14(18)24)32-22(25,26)27/h4-6,8-9H,7,10H2,1-3H3,(H,28,29). The first-order valence-corrected chi connectivity index (χ1v) is 12.2. The van der Waals surface area contributed by atoms with Gasteiger partial charge >= 0.3 is 6.36 Å². The molecule has 33 heavy (non-hydrogen) atoms. The Labute approximate surface area is 209 Å². The Morgan fingerprint density at radius 3 is 2.36 bits per heavy atom. The zero-order chi connectivity index (χ0) is 24.0. The maximum atomic E-state index is 12.6. The Morgan fingerprint density at radius 2 is 1.73 bits per heavy atom. The van der Waals surface area contributed by atoms with Crippen LogP contribution in [0.2, 0.25) is 0 Å². The zero-order valence-corrected chi connectivity index (χ0v) is 21.8. The Bertz CT molecular complexity index is 1170. The molecule has 0 amide bonds. The Kier molecular flexibility index (Phi) is 6.58. The Hall–Kier alpha value is -1.98. The topological polar surface area (TPSA) is 52.6 Å². The number of aromatic nitrogens is 1. The number of halogens is 5. The summed E-state index contributed by atoms with van der Waals surface area (Å²) >= 11 is 8.14. The van der Waals surface area contributed by atoms with Gasteiger partial charge in [0.15, 0.2) is 16.6 Å². The molecule has 0 bridgehead atoms. The summed E-state index contributed by atoms with van der Waals surface area (Å²) in [7, 11) is 0. The highest BCUT2D eigenvalue weighted by molar-refractivity contribution is 9.11. The van der Waals surface area contributed by atoms with Crippen LogP contribution in [-0.2, 0) is 11.8 Å². The minimum absolute atomic E-state index is 0.207. The summed E-state index contributed by atoms with van der Waals surface area (Å²) in [6.45, 7) is 6.48. The fourth-order valence-corrected chi connectivity index (χ4v) is 5.87. The number of ether oxygens (including phenoxy) is 3. The average molecular weight is 608 g/mol. The van der Waals surface area contributed by atoms with Crippen molar-refractivity contribution in [2.24, 2.45) is 0 Å². The monoisotopic (exact) mass is 606 g/mol. The molecule has 5 nitrogen and oxygen atoms in total. The van der Waals surface area contributed by atoms with Crippen molar-refractivity contribution < 1.29 is 27.4 Å². The lowest BCUT2D eigenvalue weighted by atomic mass is 9.90. The maximum Gasteiger partial charge on any atom is 0.573 e. The van der Waals surface area contributed by atoms with Gasteiger partial charge < -0.3 is 19.5 Å². The molecule has 11 heteroatoms. The van der Waals surface area contributed by atoms with Crippen LogP contribution >= 0.6 is 43.2 Å². The lowest BCUT2D eigenvalue weighted by Gasteiger charge is -2.17. The van der Waals surface area contributed by atoms with Gasteiger partial charge in [-0.1, -0.05) is 26.8 Å². The Morgan fingerprint density at radius 1 is 1.06 bits per heavy atom. The second-order valence-electron chi connectivity index (χ2n) is 8.34. The first-order valence-electron chi connectivity index (χ1n) is 9.79. The number of fused-ring (bicyclic) bond motifs is 1. The van der Waals surface area contributed by atoms with E-state index in [1.807, 2.05) is 18.2 Å². The molecule has 4 rings (SSSR count). The van der Waals surface area contributed by atoms with Gasteiger partial charge in [-0.2, -0.15) is 0 Å². The van der Waals surface area contributed by atoms with Gasteiger partial charge in [-0.3, -0.25) is 0 Å². The van der Waals surface area contributed by atoms with E-state index in [1.54, 1.807) is 0 Å². The lowest BCUT2D eigenvalue weighted by Crippen LogP contribution is -2.17.